The molecule has 116 valence electrons. The maximum Gasteiger partial charge on any atom is 0.131 e. The molecule has 1 aromatic carbocycles. The number of nitrogens with zero attached hydrogens (tertiary/aromatic N) is 3. The van der Waals surface area contributed by atoms with Crippen molar-refractivity contribution in [1.29, 1.82) is 0 Å². The Kier molecular flexibility index (Phi) is 5.13. The van der Waals surface area contributed by atoms with Gasteiger partial charge in [-0.2, -0.15) is 0 Å². The van der Waals surface area contributed by atoms with Crippen molar-refractivity contribution in [1.82, 2.24) is 15.0 Å². The summed E-state index contributed by atoms with van der Waals surface area (Å²) < 4.78 is 0. The molecule has 0 aliphatic heterocycles. The lowest BCUT2D eigenvalue weighted by Gasteiger charge is -2.08. The van der Waals surface area contributed by atoms with Gasteiger partial charge in [-0.05, 0) is 23.6 Å². The Bertz CT molecular complexity index is 716. The molecule has 0 aliphatic rings. The number of benzene rings is 1. The van der Waals surface area contributed by atoms with Crippen LogP contribution in [0.1, 0.15) is 11.1 Å². The predicted molar refractivity (Wildman–Crippen MR) is 92.2 cm³/mol. The van der Waals surface area contributed by atoms with Crippen molar-refractivity contribution in [2.24, 2.45) is 0 Å². The van der Waals surface area contributed by atoms with E-state index >= 15 is 0 Å². The van der Waals surface area contributed by atoms with Crippen molar-refractivity contribution in [3.8, 4) is 0 Å². The van der Waals surface area contributed by atoms with E-state index < -0.39 is 0 Å². The summed E-state index contributed by atoms with van der Waals surface area (Å²) in [7, 11) is 0. The second-order valence-electron chi connectivity index (χ2n) is 5.17. The lowest BCUT2D eigenvalue weighted by molar-refractivity contribution is 0.995. The van der Waals surface area contributed by atoms with E-state index in [1.54, 1.807) is 12.5 Å². The Morgan fingerprint density at radius 3 is 2.39 bits per heavy atom. The summed E-state index contributed by atoms with van der Waals surface area (Å²) in [6.07, 6.45) is 6.13. The Balaban J connectivity index is 1.51. The number of rotatable bonds is 7. The topological polar surface area (TPSA) is 62.7 Å². The molecule has 0 spiro atoms. The average molecular weight is 305 g/mol. The van der Waals surface area contributed by atoms with Crippen LogP contribution in [0.3, 0.4) is 0 Å². The van der Waals surface area contributed by atoms with Crippen molar-refractivity contribution in [2.75, 3.05) is 17.2 Å². The minimum Gasteiger partial charge on any atom is -0.370 e. The molecule has 5 nitrogen and oxygen atoms in total. The van der Waals surface area contributed by atoms with Gasteiger partial charge in [0.1, 0.15) is 18.0 Å². The summed E-state index contributed by atoms with van der Waals surface area (Å²) >= 11 is 0. The van der Waals surface area contributed by atoms with E-state index in [2.05, 4.69) is 49.9 Å². The zero-order chi connectivity index (χ0) is 15.7. The van der Waals surface area contributed by atoms with Crippen LogP contribution >= 0.6 is 0 Å². The van der Waals surface area contributed by atoms with Gasteiger partial charge in [0.25, 0.3) is 0 Å². The first-order chi connectivity index (χ1) is 11.4. The van der Waals surface area contributed by atoms with E-state index in [-0.39, 0.29) is 0 Å². The first kappa shape index (κ1) is 15.0. The number of hydrogen-bond donors (Lipinski definition) is 2. The van der Waals surface area contributed by atoms with Crippen LogP contribution in [0.4, 0.5) is 11.6 Å². The largest absolute Gasteiger partial charge is 0.370 e. The van der Waals surface area contributed by atoms with E-state index in [0.717, 1.165) is 30.2 Å². The summed E-state index contributed by atoms with van der Waals surface area (Å²) in [5.41, 5.74) is 2.42. The molecule has 0 radical (unpaired) electrons. The summed E-state index contributed by atoms with van der Waals surface area (Å²) in [5.74, 6) is 1.62. The van der Waals surface area contributed by atoms with Crippen molar-refractivity contribution in [3.05, 3.63) is 78.4 Å². The quantitative estimate of drug-likeness (QED) is 0.702. The lowest BCUT2D eigenvalue weighted by atomic mass is 10.1. The van der Waals surface area contributed by atoms with Crippen LogP contribution < -0.4 is 10.6 Å². The smallest absolute Gasteiger partial charge is 0.131 e. The molecule has 0 amide bonds. The highest BCUT2D eigenvalue weighted by molar-refractivity contribution is 5.46. The van der Waals surface area contributed by atoms with Gasteiger partial charge in [-0.3, -0.25) is 4.98 Å². The van der Waals surface area contributed by atoms with Gasteiger partial charge in [0.2, 0.25) is 0 Å². The van der Waals surface area contributed by atoms with E-state index in [9.17, 15) is 0 Å². The number of pyridine rings is 1. The molecule has 0 atom stereocenters. The third-order valence-electron chi connectivity index (χ3n) is 3.43. The highest BCUT2D eigenvalue weighted by atomic mass is 15.1. The van der Waals surface area contributed by atoms with Crippen LogP contribution in [0.25, 0.3) is 0 Å². The molecule has 3 rings (SSSR count). The molecular formula is C18H19N5. The second-order valence-corrected chi connectivity index (χ2v) is 5.17. The second kappa shape index (κ2) is 7.89. The van der Waals surface area contributed by atoms with Gasteiger partial charge >= 0.3 is 0 Å². The lowest BCUT2D eigenvalue weighted by Crippen LogP contribution is -2.08. The maximum atomic E-state index is 4.25. The first-order valence-corrected chi connectivity index (χ1v) is 7.63. The van der Waals surface area contributed by atoms with Crippen LogP contribution in [0.5, 0.6) is 0 Å². The molecule has 0 bridgehead atoms. The third kappa shape index (κ3) is 4.78. The van der Waals surface area contributed by atoms with E-state index in [1.807, 2.05) is 30.5 Å². The normalized spacial score (nSPS) is 10.3. The highest BCUT2D eigenvalue weighted by Crippen LogP contribution is 2.10. The standard InChI is InChI=1S/C18H19N5/c1-2-5-15(6-3-1)8-10-20-17-11-18(23-14-22-17)21-13-16-7-4-9-19-12-16/h1-7,9,11-12,14H,8,10,13H2,(H2,20,21,22,23). The van der Waals surface area contributed by atoms with Crippen LogP contribution in [-0.4, -0.2) is 21.5 Å². The summed E-state index contributed by atoms with van der Waals surface area (Å²) in [4.78, 5) is 12.6. The summed E-state index contributed by atoms with van der Waals surface area (Å²) in [5, 5.41) is 6.61. The fraction of sp³-hybridized carbons (Fsp3) is 0.167. The van der Waals surface area contributed by atoms with Crippen LogP contribution in [0, 0.1) is 0 Å². The number of anilines is 2. The Labute approximate surface area is 135 Å². The van der Waals surface area contributed by atoms with Crippen LogP contribution in [0.2, 0.25) is 0 Å². The molecule has 23 heavy (non-hydrogen) atoms. The fourth-order valence-electron chi connectivity index (χ4n) is 2.23. The van der Waals surface area contributed by atoms with Crippen LogP contribution in [0.15, 0.2) is 67.3 Å². The van der Waals surface area contributed by atoms with Gasteiger partial charge in [-0.15, -0.1) is 0 Å². The molecule has 0 saturated heterocycles. The summed E-state index contributed by atoms with van der Waals surface area (Å²) in [6.45, 7) is 1.53. The van der Waals surface area contributed by atoms with Crippen molar-refractivity contribution >= 4 is 11.6 Å². The molecular weight excluding hydrogens is 286 g/mol. The van der Waals surface area contributed by atoms with Crippen molar-refractivity contribution in [3.63, 3.8) is 0 Å². The zero-order valence-electron chi connectivity index (χ0n) is 12.8. The third-order valence-corrected chi connectivity index (χ3v) is 3.43. The minimum absolute atomic E-state index is 0.689. The van der Waals surface area contributed by atoms with Crippen molar-refractivity contribution in [2.45, 2.75) is 13.0 Å². The monoisotopic (exact) mass is 305 g/mol. The van der Waals surface area contributed by atoms with Gasteiger partial charge < -0.3 is 10.6 Å². The molecule has 0 fully saturated rings. The van der Waals surface area contributed by atoms with E-state index in [1.165, 1.54) is 5.56 Å². The number of nitrogens with one attached hydrogen (secondary N) is 2. The highest BCUT2D eigenvalue weighted by Gasteiger charge is 1.99. The van der Waals surface area contributed by atoms with Crippen molar-refractivity contribution < 1.29 is 0 Å². The van der Waals surface area contributed by atoms with Gasteiger partial charge in [-0.1, -0.05) is 36.4 Å². The van der Waals surface area contributed by atoms with Gasteiger partial charge in [0, 0.05) is 31.5 Å². The molecule has 0 unspecified atom stereocenters. The first-order valence-electron chi connectivity index (χ1n) is 7.63. The Morgan fingerprint density at radius 2 is 1.61 bits per heavy atom. The Hall–Kier alpha value is -2.95. The average Bonchev–Trinajstić information content (AvgIpc) is 2.62. The van der Waals surface area contributed by atoms with Gasteiger partial charge in [-0.25, -0.2) is 9.97 Å². The molecule has 5 heteroatoms. The maximum absolute atomic E-state index is 4.25. The number of aromatic nitrogens is 3. The molecule has 2 aromatic heterocycles. The van der Waals surface area contributed by atoms with Gasteiger partial charge in [0.15, 0.2) is 0 Å². The van der Waals surface area contributed by atoms with E-state index in [4.69, 9.17) is 0 Å². The fourth-order valence-corrected chi connectivity index (χ4v) is 2.23. The Morgan fingerprint density at radius 1 is 0.826 bits per heavy atom. The predicted octanol–water partition coefficient (Wildman–Crippen LogP) is 3.14. The van der Waals surface area contributed by atoms with E-state index in [0.29, 0.717) is 6.54 Å². The van der Waals surface area contributed by atoms with Crippen LogP contribution in [-0.2, 0) is 13.0 Å². The minimum atomic E-state index is 0.689. The number of hydrogen-bond acceptors (Lipinski definition) is 5. The molecule has 3 aromatic rings. The SMILES string of the molecule is c1ccc(CCNc2cc(NCc3cccnc3)ncn2)cc1. The molecule has 2 N–H and O–H groups in total. The molecule has 2 heterocycles. The molecule has 0 saturated carbocycles. The van der Waals surface area contributed by atoms with Gasteiger partial charge in [0.05, 0.1) is 0 Å². The summed E-state index contributed by atoms with van der Waals surface area (Å²) in [6, 6.07) is 16.3. The zero-order valence-corrected chi connectivity index (χ0v) is 12.8. The molecule has 0 aliphatic carbocycles.